The highest BCUT2D eigenvalue weighted by Crippen LogP contribution is 2.35. The lowest BCUT2D eigenvalue weighted by Crippen LogP contribution is -2.40. The van der Waals surface area contributed by atoms with E-state index in [1.165, 1.54) is 0 Å². The maximum atomic E-state index is 13.7. The second kappa shape index (κ2) is 10.3. The summed E-state index contributed by atoms with van der Waals surface area (Å²) in [7, 11) is 3.67. The number of amides is 2. The van der Waals surface area contributed by atoms with Crippen molar-refractivity contribution in [3.05, 3.63) is 58.7 Å². The van der Waals surface area contributed by atoms with Crippen molar-refractivity contribution in [1.29, 1.82) is 0 Å². The van der Waals surface area contributed by atoms with E-state index in [0.29, 0.717) is 13.1 Å². The summed E-state index contributed by atoms with van der Waals surface area (Å²) in [5, 5.41) is 5.64. The SMILES string of the molecule is CCN(C)C(C)C(=O)Nc1cccc2c1C(=O)c1c(NC(=O)C(C)N(C)CC)cccc1C2=O. The average Bonchev–Trinajstić information content (AvgIpc) is 2.84. The molecule has 0 fully saturated rings. The Morgan fingerprint density at radius 1 is 0.735 bits per heavy atom. The normalized spacial score (nSPS) is 14.5. The van der Waals surface area contributed by atoms with Gasteiger partial charge in [-0.1, -0.05) is 38.1 Å². The molecule has 0 spiro atoms. The van der Waals surface area contributed by atoms with Crippen LogP contribution < -0.4 is 10.6 Å². The van der Waals surface area contributed by atoms with Gasteiger partial charge in [-0.15, -0.1) is 0 Å². The molecule has 0 saturated carbocycles. The number of likely N-dealkylation sites (N-methyl/N-ethyl adjacent to an activating group) is 2. The zero-order valence-corrected chi connectivity index (χ0v) is 20.6. The summed E-state index contributed by atoms with van der Waals surface area (Å²) < 4.78 is 0. The summed E-state index contributed by atoms with van der Waals surface area (Å²) in [6.45, 7) is 8.81. The zero-order chi connectivity index (χ0) is 25.2. The third-order valence-electron chi connectivity index (χ3n) is 6.67. The lowest BCUT2D eigenvalue weighted by molar-refractivity contribution is -0.121. The van der Waals surface area contributed by atoms with Crippen molar-refractivity contribution in [2.45, 2.75) is 39.8 Å². The van der Waals surface area contributed by atoms with Gasteiger partial charge in [-0.3, -0.25) is 29.0 Å². The quantitative estimate of drug-likeness (QED) is 0.532. The monoisotopic (exact) mass is 464 g/mol. The molecule has 2 aromatic carbocycles. The molecule has 2 unspecified atom stereocenters. The number of benzene rings is 2. The number of rotatable bonds is 8. The van der Waals surface area contributed by atoms with Gasteiger partial charge >= 0.3 is 0 Å². The van der Waals surface area contributed by atoms with Gasteiger partial charge in [0.1, 0.15) is 0 Å². The molecule has 0 aliphatic heterocycles. The van der Waals surface area contributed by atoms with Gasteiger partial charge in [0.05, 0.1) is 34.6 Å². The van der Waals surface area contributed by atoms with Crippen LogP contribution in [-0.4, -0.2) is 72.4 Å². The first-order valence-electron chi connectivity index (χ1n) is 11.5. The van der Waals surface area contributed by atoms with Crippen molar-refractivity contribution >= 4 is 34.8 Å². The van der Waals surface area contributed by atoms with Crippen molar-refractivity contribution in [2.75, 3.05) is 37.8 Å². The molecule has 8 nitrogen and oxygen atoms in total. The van der Waals surface area contributed by atoms with Crippen LogP contribution in [-0.2, 0) is 9.59 Å². The summed E-state index contributed by atoms with van der Waals surface area (Å²) in [6, 6.07) is 8.84. The van der Waals surface area contributed by atoms with Crippen molar-refractivity contribution < 1.29 is 19.2 Å². The number of fused-ring (bicyclic) bond motifs is 2. The first-order valence-corrected chi connectivity index (χ1v) is 11.5. The molecule has 1 aliphatic carbocycles. The van der Waals surface area contributed by atoms with E-state index in [2.05, 4.69) is 10.6 Å². The van der Waals surface area contributed by atoms with Crippen molar-refractivity contribution in [3.63, 3.8) is 0 Å². The number of carbonyl (C=O) groups excluding carboxylic acids is 4. The van der Waals surface area contributed by atoms with E-state index in [1.54, 1.807) is 50.2 Å². The number of anilines is 2. The van der Waals surface area contributed by atoms with Crippen molar-refractivity contribution in [2.24, 2.45) is 0 Å². The molecule has 2 amide bonds. The summed E-state index contributed by atoms with van der Waals surface area (Å²) in [6.07, 6.45) is 0. The molecule has 1 aliphatic rings. The lowest BCUT2D eigenvalue weighted by Gasteiger charge is -2.26. The van der Waals surface area contributed by atoms with Gasteiger partial charge in [-0.2, -0.15) is 0 Å². The van der Waals surface area contributed by atoms with Gasteiger partial charge in [-0.05, 0) is 53.2 Å². The molecule has 0 heterocycles. The second-order valence-corrected chi connectivity index (χ2v) is 8.59. The van der Waals surface area contributed by atoms with Gasteiger partial charge in [0.15, 0.2) is 11.6 Å². The van der Waals surface area contributed by atoms with E-state index in [0.717, 1.165) is 0 Å². The Morgan fingerprint density at radius 2 is 1.12 bits per heavy atom. The van der Waals surface area contributed by atoms with Crippen LogP contribution in [0.4, 0.5) is 11.4 Å². The van der Waals surface area contributed by atoms with Crippen molar-refractivity contribution in [3.8, 4) is 0 Å². The number of hydrogen-bond acceptors (Lipinski definition) is 6. The molecule has 3 rings (SSSR count). The minimum absolute atomic E-state index is 0.139. The van der Waals surface area contributed by atoms with E-state index < -0.39 is 17.9 Å². The molecule has 2 atom stereocenters. The fourth-order valence-electron chi connectivity index (χ4n) is 3.87. The highest BCUT2D eigenvalue weighted by atomic mass is 16.2. The van der Waals surface area contributed by atoms with Crippen LogP contribution >= 0.6 is 0 Å². The van der Waals surface area contributed by atoms with Crippen LogP contribution in [0, 0.1) is 0 Å². The van der Waals surface area contributed by atoms with Gasteiger partial charge in [-0.25, -0.2) is 0 Å². The smallest absolute Gasteiger partial charge is 0.241 e. The number of carbonyl (C=O) groups is 4. The van der Waals surface area contributed by atoms with E-state index in [9.17, 15) is 19.2 Å². The molecule has 2 aromatic rings. The molecular weight excluding hydrogens is 432 g/mol. The minimum Gasteiger partial charge on any atom is -0.324 e. The first kappa shape index (κ1) is 25.3. The number of ketones is 2. The molecule has 8 heteroatoms. The Balaban J connectivity index is 2.01. The maximum Gasteiger partial charge on any atom is 0.241 e. The van der Waals surface area contributed by atoms with E-state index in [4.69, 9.17) is 0 Å². The lowest BCUT2D eigenvalue weighted by atomic mass is 9.82. The minimum atomic E-state index is -0.422. The fraction of sp³-hybridized carbons (Fsp3) is 0.385. The summed E-state index contributed by atoms with van der Waals surface area (Å²) in [5.74, 6) is -1.29. The number of nitrogens with zero attached hydrogens (tertiary/aromatic N) is 2. The molecule has 180 valence electrons. The highest BCUT2D eigenvalue weighted by Gasteiger charge is 2.35. The third-order valence-corrected chi connectivity index (χ3v) is 6.67. The number of hydrogen-bond donors (Lipinski definition) is 2. The Bertz CT molecular complexity index is 1060. The Morgan fingerprint density at radius 3 is 1.47 bits per heavy atom. The van der Waals surface area contributed by atoms with Crippen LogP contribution in [0.1, 0.15) is 59.5 Å². The van der Waals surface area contributed by atoms with Crippen LogP contribution in [0.25, 0.3) is 0 Å². The fourth-order valence-corrected chi connectivity index (χ4v) is 3.87. The van der Waals surface area contributed by atoms with Crippen LogP contribution in [0.5, 0.6) is 0 Å². The molecule has 0 radical (unpaired) electrons. The molecular formula is C26H32N4O4. The maximum absolute atomic E-state index is 13.7. The standard InChI is InChI=1S/C26H32N4O4/c1-7-29(5)15(3)25(33)27-19-13-9-11-17-21(19)24(32)22-18(23(17)31)12-10-14-20(22)28-26(34)16(4)30(6)8-2/h9-16H,7-8H2,1-6H3,(H,27,33)(H,28,34). The molecule has 34 heavy (non-hydrogen) atoms. The second-order valence-electron chi connectivity index (χ2n) is 8.59. The van der Waals surface area contributed by atoms with Crippen LogP contribution in [0.3, 0.4) is 0 Å². The number of nitrogens with one attached hydrogen (secondary N) is 2. The molecule has 0 saturated heterocycles. The Kier molecular flexibility index (Phi) is 7.64. The van der Waals surface area contributed by atoms with E-state index >= 15 is 0 Å². The predicted octanol–water partition coefficient (Wildman–Crippen LogP) is 3.02. The summed E-state index contributed by atoms with van der Waals surface area (Å²) >= 11 is 0. The van der Waals surface area contributed by atoms with Crippen LogP contribution in [0.15, 0.2) is 36.4 Å². The Labute approximate surface area is 200 Å². The third kappa shape index (κ3) is 4.64. The largest absolute Gasteiger partial charge is 0.324 e. The zero-order valence-electron chi connectivity index (χ0n) is 20.6. The van der Waals surface area contributed by atoms with Gasteiger partial charge in [0.2, 0.25) is 11.8 Å². The van der Waals surface area contributed by atoms with E-state index in [-0.39, 0.29) is 51.2 Å². The molecule has 0 bridgehead atoms. The van der Waals surface area contributed by atoms with E-state index in [1.807, 2.05) is 37.7 Å². The topological polar surface area (TPSA) is 98.8 Å². The molecule has 0 aromatic heterocycles. The van der Waals surface area contributed by atoms with Gasteiger partial charge in [0, 0.05) is 11.1 Å². The Hall–Kier alpha value is -3.36. The van der Waals surface area contributed by atoms with Crippen LogP contribution in [0.2, 0.25) is 0 Å². The first-order chi connectivity index (χ1) is 16.1. The van der Waals surface area contributed by atoms with Gasteiger partial charge < -0.3 is 10.6 Å². The average molecular weight is 465 g/mol. The summed E-state index contributed by atoms with van der Waals surface area (Å²) in [4.78, 5) is 56.4. The predicted molar refractivity (Wildman–Crippen MR) is 133 cm³/mol. The van der Waals surface area contributed by atoms with Gasteiger partial charge in [0.25, 0.3) is 0 Å². The highest BCUT2D eigenvalue weighted by molar-refractivity contribution is 6.32. The van der Waals surface area contributed by atoms with Crippen molar-refractivity contribution in [1.82, 2.24) is 9.80 Å². The molecule has 2 N–H and O–H groups in total. The summed E-state index contributed by atoms with van der Waals surface area (Å²) in [5.41, 5.74) is 1.30.